The van der Waals surface area contributed by atoms with E-state index in [2.05, 4.69) is 16.8 Å². The van der Waals surface area contributed by atoms with Gasteiger partial charge < -0.3 is 4.90 Å². The highest BCUT2D eigenvalue weighted by Crippen LogP contribution is 2.32. The summed E-state index contributed by atoms with van der Waals surface area (Å²) in [4.78, 5) is 17.1. The van der Waals surface area contributed by atoms with Gasteiger partial charge in [-0.25, -0.2) is 0 Å². The third-order valence-electron chi connectivity index (χ3n) is 4.70. The summed E-state index contributed by atoms with van der Waals surface area (Å²) in [7, 11) is 2.09. The van der Waals surface area contributed by atoms with Gasteiger partial charge in [0, 0.05) is 43.9 Å². The van der Waals surface area contributed by atoms with Crippen LogP contribution >= 0.6 is 0 Å². The number of hydrogen-bond acceptors (Lipinski definition) is 3. The second kappa shape index (κ2) is 7.60. The number of benzene rings is 2. The molecule has 0 spiro atoms. The third kappa shape index (κ3) is 4.31. The molecule has 3 rings (SSSR count). The molecule has 1 saturated heterocycles. The molecule has 1 aliphatic rings. The molecule has 0 amide bonds. The van der Waals surface area contributed by atoms with Gasteiger partial charge in [-0.05, 0) is 18.7 Å². The molecule has 0 unspecified atom stereocenters. The zero-order chi connectivity index (χ0) is 18.7. The van der Waals surface area contributed by atoms with Crippen LogP contribution in [0.4, 0.5) is 13.2 Å². The van der Waals surface area contributed by atoms with Crippen LogP contribution < -0.4 is 0 Å². The highest BCUT2D eigenvalue weighted by molar-refractivity contribution is 6.10. The molecule has 3 nitrogen and oxygen atoms in total. The SMILES string of the molecule is CN1CCN(Cc2ccc(C(=O)c3ccccc3C(F)(F)F)cc2)CC1. The zero-order valence-electron chi connectivity index (χ0n) is 14.6. The average Bonchev–Trinajstić information content (AvgIpc) is 2.63. The average molecular weight is 362 g/mol. The van der Waals surface area contributed by atoms with Crippen LogP contribution in [0.15, 0.2) is 48.5 Å². The van der Waals surface area contributed by atoms with Gasteiger partial charge in [0.15, 0.2) is 5.78 Å². The van der Waals surface area contributed by atoms with Gasteiger partial charge in [-0.1, -0.05) is 42.5 Å². The van der Waals surface area contributed by atoms with Gasteiger partial charge in [0.05, 0.1) is 5.56 Å². The van der Waals surface area contributed by atoms with E-state index in [0.29, 0.717) is 0 Å². The molecule has 0 aromatic heterocycles. The maximum Gasteiger partial charge on any atom is 0.417 e. The van der Waals surface area contributed by atoms with E-state index in [1.807, 2.05) is 12.1 Å². The maximum absolute atomic E-state index is 13.1. The lowest BCUT2D eigenvalue weighted by atomic mass is 9.97. The molecular formula is C20H21F3N2O. The van der Waals surface area contributed by atoms with Crippen molar-refractivity contribution in [3.05, 3.63) is 70.8 Å². The lowest BCUT2D eigenvalue weighted by molar-refractivity contribution is -0.137. The highest BCUT2D eigenvalue weighted by atomic mass is 19.4. The largest absolute Gasteiger partial charge is 0.417 e. The van der Waals surface area contributed by atoms with Crippen molar-refractivity contribution in [1.82, 2.24) is 9.80 Å². The lowest BCUT2D eigenvalue weighted by Crippen LogP contribution is -2.43. The summed E-state index contributed by atoms with van der Waals surface area (Å²) in [5, 5.41) is 0. The number of carbonyl (C=O) groups is 1. The fourth-order valence-corrected chi connectivity index (χ4v) is 3.11. The predicted molar refractivity (Wildman–Crippen MR) is 94.1 cm³/mol. The number of nitrogens with zero attached hydrogens (tertiary/aromatic N) is 2. The Balaban J connectivity index is 1.74. The Morgan fingerprint density at radius 2 is 1.58 bits per heavy atom. The van der Waals surface area contributed by atoms with E-state index >= 15 is 0 Å². The first-order valence-corrected chi connectivity index (χ1v) is 8.55. The first-order chi connectivity index (χ1) is 12.3. The molecule has 0 radical (unpaired) electrons. The Kier molecular flexibility index (Phi) is 5.44. The maximum atomic E-state index is 13.1. The Bertz CT molecular complexity index is 763. The molecule has 0 saturated carbocycles. The number of ketones is 1. The molecule has 138 valence electrons. The minimum atomic E-state index is -4.55. The van der Waals surface area contributed by atoms with E-state index in [9.17, 15) is 18.0 Å². The molecule has 26 heavy (non-hydrogen) atoms. The summed E-state index contributed by atoms with van der Waals surface area (Å²) in [6.07, 6.45) is -4.55. The normalized spacial score (nSPS) is 16.6. The van der Waals surface area contributed by atoms with E-state index in [1.165, 1.54) is 18.2 Å². The van der Waals surface area contributed by atoms with Crippen molar-refractivity contribution in [2.24, 2.45) is 0 Å². The summed E-state index contributed by atoms with van der Waals surface area (Å²) >= 11 is 0. The van der Waals surface area contributed by atoms with Gasteiger partial charge >= 0.3 is 6.18 Å². The summed E-state index contributed by atoms with van der Waals surface area (Å²) < 4.78 is 39.3. The van der Waals surface area contributed by atoms with Crippen LogP contribution in [0.3, 0.4) is 0 Å². The minimum absolute atomic E-state index is 0.267. The van der Waals surface area contributed by atoms with Crippen LogP contribution in [0, 0.1) is 0 Å². The van der Waals surface area contributed by atoms with Crippen molar-refractivity contribution >= 4 is 5.78 Å². The predicted octanol–water partition coefficient (Wildman–Crippen LogP) is 3.68. The molecule has 0 atom stereocenters. The molecule has 0 N–H and O–H groups in total. The first-order valence-electron chi connectivity index (χ1n) is 8.55. The summed E-state index contributed by atoms with van der Waals surface area (Å²) in [5.74, 6) is -0.607. The van der Waals surface area contributed by atoms with E-state index in [-0.39, 0.29) is 11.1 Å². The number of piperazine rings is 1. The van der Waals surface area contributed by atoms with Crippen LogP contribution in [0.25, 0.3) is 0 Å². The quantitative estimate of drug-likeness (QED) is 0.775. The van der Waals surface area contributed by atoms with Crippen molar-refractivity contribution in [2.45, 2.75) is 12.7 Å². The molecule has 1 aliphatic heterocycles. The lowest BCUT2D eigenvalue weighted by Gasteiger charge is -2.32. The Hall–Kier alpha value is -2.18. The van der Waals surface area contributed by atoms with Gasteiger partial charge in [0.2, 0.25) is 0 Å². The summed E-state index contributed by atoms with van der Waals surface area (Å²) in [6.45, 7) is 4.78. The fraction of sp³-hybridized carbons (Fsp3) is 0.350. The monoisotopic (exact) mass is 362 g/mol. The first kappa shape index (κ1) is 18.6. The molecule has 1 heterocycles. The Morgan fingerprint density at radius 1 is 0.962 bits per heavy atom. The molecular weight excluding hydrogens is 341 g/mol. The Morgan fingerprint density at radius 3 is 2.19 bits per heavy atom. The van der Waals surface area contributed by atoms with Gasteiger partial charge in [0.1, 0.15) is 0 Å². The Labute approximate surface area is 151 Å². The minimum Gasteiger partial charge on any atom is -0.304 e. The van der Waals surface area contributed by atoms with Crippen LogP contribution in [0.5, 0.6) is 0 Å². The highest BCUT2D eigenvalue weighted by Gasteiger charge is 2.34. The van der Waals surface area contributed by atoms with E-state index in [0.717, 1.165) is 44.4 Å². The number of carbonyl (C=O) groups excluding carboxylic acids is 1. The van der Waals surface area contributed by atoms with Crippen molar-refractivity contribution < 1.29 is 18.0 Å². The van der Waals surface area contributed by atoms with Crippen molar-refractivity contribution in [3.63, 3.8) is 0 Å². The molecule has 6 heteroatoms. The van der Waals surface area contributed by atoms with Crippen LogP contribution in [0.2, 0.25) is 0 Å². The number of halogens is 3. The standard InChI is InChI=1S/C20H21F3N2O/c1-24-10-12-25(13-11-24)14-15-6-8-16(9-7-15)19(26)17-4-2-3-5-18(17)20(21,22)23/h2-9H,10-14H2,1H3. The zero-order valence-corrected chi connectivity index (χ0v) is 14.6. The van der Waals surface area contributed by atoms with Gasteiger partial charge in [-0.2, -0.15) is 13.2 Å². The van der Waals surface area contributed by atoms with Gasteiger partial charge in [-0.3, -0.25) is 9.69 Å². The van der Waals surface area contributed by atoms with E-state index in [1.54, 1.807) is 12.1 Å². The van der Waals surface area contributed by atoms with Crippen LogP contribution in [-0.2, 0) is 12.7 Å². The second-order valence-corrected chi connectivity index (χ2v) is 6.65. The smallest absolute Gasteiger partial charge is 0.304 e. The van der Waals surface area contributed by atoms with Gasteiger partial charge in [-0.15, -0.1) is 0 Å². The molecule has 2 aromatic rings. The summed E-state index contributed by atoms with van der Waals surface area (Å²) in [5.41, 5.74) is 0.109. The number of likely N-dealkylation sites (N-methyl/N-ethyl adjacent to an activating group) is 1. The molecule has 1 fully saturated rings. The third-order valence-corrected chi connectivity index (χ3v) is 4.70. The van der Waals surface area contributed by atoms with Crippen molar-refractivity contribution in [3.8, 4) is 0 Å². The number of alkyl halides is 3. The molecule has 0 aliphatic carbocycles. The van der Waals surface area contributed by atoms with Crippen molar-refractivity contribution in [1.29, 1.82) is 0 Å². The van der Waals surface area contributed by atoms with Gasteiger partial charge in [0.25, 0.3) is 0 Å². The molecule has 0 bridgehead atoms. The van der Waals surface area contributed by atoms with Crippen LogP contribution in [-0.4, -0.2) is 48.8 Å². The topological polar surface area (TPSA) is 23.6 Å². The summed E-state index contributed by atoms with van der Waals surface area (Å²) in [6, 6.07) is 11.8. The van der Waals surface area contributed by atoms with Crippen LogP contribution in [0.1, 0.15) is 27.0 Å². The second-order valence-electron chi connectivity index (χ2n) is 6.65. The van der Waals surface area contributed by atoms with E-state index in [4.69, 9.17) is 0 Å². The van der Waals surface area contributed by atoms with Crippen molar-refractivity contribution in [2.75, 3.05) is 33.2 Å². The number of rotatable bonds is 4. The fourth-order valence-electron chi connectivity index (χ4n) is 3.11. The van der Waals surface area contributed by atoms with E-state index < -0.39 is 17.5 Å². The molecule has 2 aromatic carbocycles. The number of hydrogen-bond donors (Lipinski definition) is 0.